The Labute approximate surface area is 159 Å². The fourth-order valence-electron chi connectivity index (χ4n) is 2.52. The molecule has 0 fully saturated rings. The van der Waals surface area contributed by atoms with Crippen LogP contribution in [0.1, 0.15) is 30.6 Å². The molecular weight excluding hydrogens is 344 g/mol. The Kier molecular flexibility index (Phi) is 7.55. The van der Waals surface area contributed by atoms with Gasteiger partial charge >= 0.3 is 0 Å². The van der Waals surface area contributed by atoms with Crippen LogP contribution in [0.3, 0.4) is 0 Å². The molecule has 142 valence electrons. The zero-order valence-corrected chi connectivity index (χ0v) is 15.6. The van der Waals surface area contributed by atoms with Crippen molar-refractivity contribution in [2.75, 3.05) is 24.6 Å². The fraction of sp³-hybridized carbons (Fsp3) is 0.286. The molecule has 0 spiro atoms. The van der Waals surface area contributed by atoms with E-state index in [0.29, 0.717) is 30.9 Å². The number of carbonyl (C=O) groups is 3. The highest BCUT2D eigenvalue weighted by Crippen LogP contribution is 2.15. The Bertz CT molecular complexity index is 773. The van der Waals surface area contributed by atoms with Crippen LogP contribution in [-0.4, -0.2) is 37.3 Å². The molecule has 6 nitrogen and oxygen atoms in total. The molecule has 0 aliphatic heterocycles. The average molecular weight is 368 g/mol. The molecule has 0 radical (unpaired) electrons. The number of Topliss-reactive ketones (excluding diaryl/α,β-unsaturated/α-hetero) is 1. The first-order valence-corrected chi connectivity index (χ1v) is 8.81. The van der Waals surface area contributed by atoms with Crippen LogP contribution >= 0.6 is 0 Å². The molecule has 0 atom stereocenters. The molecule has 27 heavy (non-hydrogen) atoms. The second-order valence-corrected chi connectivity index (χ2v) is 6.04. The quantitative estimate of drug-likeness (QED) is 0.691. The third-order valence-corrected chi connectivity index (χ3v) is 3.96. The van der Waals surface area contributed by atoms with Crippen molar-refractivity contribution in [2.24, 2.45) is 0 Å². The smallest absolute Gasteiger partial charge is 0.223 e. The molecule has 0 bridgehead atoms. The minimum Gasteiger partial charge on any atom is -0.493 e. The van der Waals surface area contributed by atoms with Gasteiger partial charge in [0.1, 0.15) is 5.75 Å². The molecule has 1 N–H and O–H groups in total. The van der Waals surface area contributed by atoms with E-state index in [1.165, 1.54) is 13.8 Å². The Morgan fingerprint density at radius 1 is 0.963 bits per heavy atom. The third kappa shape index (κ3) is 6.58. The molecule has 2 aromatic carbocycles. The summed E-state index contributed by atoms with van der Waals surface area (Å²) in [5.74, 6) is 0.427. The van der Waals surface area contributed by atoms with Gasteiger partial charge < -0.3 is 15.0 Å². The van der Waals surface area contributed by atoms with E-state index in [1.807, 2.05) is 30.3 Å². The number of nitrogens with zero attached hydrogens (tertiary/aromatic N) is 1. The summed E-state index contributed by atoms with van der Waals surface area (Å²) in [7, 11) is 0. The van der Waals surface area contributed by atoms with Crippen LogP contribution < -0.4 is 15.0 Å². The fourth-order valence-corrected chi connectivity index (χ4v) is 2.52. The number of carbonyl (C=O) groups excluding carboxylic acids is 3. The van der Waals surface area contributed by atoms with Crippen LogP contribution in [0.15, 0.2) is 54.6 Å². The summed E-state index contributed by atoms with van der Waals surface area (Å²) in [6.07, 6.45) is 0.238. The largest absolute Gasteiger partial charge is 0.493 e. The summed E-state index contributed by atoms with van der Waals surface area (Å²) < 4.78 is 5.49. The topological polar surface area (TPSA) is 75.7 Å². The number of nitrogens with one attached hydrogen (secondary N) is 1. The van der Waals surface area contributed by atoms with Gasteiger partial charge in [-0.05, 0) is 43.3 Å². The van der Waals surface area contributed by atoms with E-state index in [1.54, 1.807) is 29.2 Å². The van der Waals surface area contributed by atoms with E-state index >= 15 is 0 Å². The third-order valence-electron chi connectivity index (χ3n) is 3.96. The summed E-state index contributed by atoms with van der Waals surface area (Å²) in [6.45, 7) is 3.93. The lowest BCUT2D eigenvalue weighted by Crippen LogP contribution is -2.37. The SMILES string of the molecule is CC(=O)c1ccc(N(CCNC(=O)CCOc2ccccc2)C(C)=O)cc1. The first kappa shape index (κ1) is 20.2. The van der Waals surface area contributed by atoms with Crippen LogP contribution in [-0.2, 0) is 9.59 Å². The summed E-state index contributed by atoms with van der Waals surface area (Å²) in [5, 5.41) is 2.79. The van der Waals surface area contributed by atoms with Crippen LogP contribution in [0.5, 0.6) is 5.75 Å². The van der Waals surface area contributed by atoms with E-state index < -0.39 is 0 Å². The number of ether oxygens (including phenoxy) is 1. The minimum absolute atomic E-state index is 0.0269. The predicted octanol–water partition coefficient (Wildman–Crippen LogP) is 2.83. The summed E-state index contributed by atoms with van der Waals surface area (Å²) in [6, 6.07) is 16.1. The number of hydrogen-bond donors (Lipinski definition) is 1. The molecule has 0 aliphatic rings. The molecule has 0 saturated heterocycles. The molecule has 2 rings (SSSR count). The maximum absolute atomic E-state index is 11.9. The zero-order valence-electron chi connectivity index (χ0n) is 15.6. The van der Waals surface area contributed by atoms with Gasteiger partial charge in [0.15, 0.2) is 5.78 Å². The number of amides is 2. The van der Waals surface area contributed by atoms with Gasteiger partial charge in [-0.3, -0.25) is 14.4 Å². The summed E-state index contributed by atoms with van der Waals surface area (Å²) in [5.41, 5.74) is 1.28. The summed E-state index contributed by atoms with van der Waals surface area (Å²) in [4.78, 5) is 36.7. The number of ketones is 1. The van der Waals surface area contributed by atoms with E-state index in [-0.39, 0.29) is 24.0 Å². The van der Waals surface area contributed by atoms with Crippen LogP contribution in [0.25, 0.3) is 0 Å². The highest BCUT2D eigenvalue weighted by molar-refractivity contribution is 5.96. The van der Waals surface area contributed by atoms with E-state index in [4.69, 9.17) is 4.74 Å². The first-order chi connectivity index (χ1) is 13.0. The Balaban J connectivity index is 1.77. The van der Waals surface area contributed by atoms with Crippen LogP contribution in [0.4, 0.5) is 5.69 Å². The number of para-hydroxylation sites is 1. The average Bonchev–Trinajstić information content (AvgIpc) is 2.66. The Morgan fingerprint density at radius 2 is 1.63 bits per heavy atom. The van der Waals surface area contributed by atoms with Crippen molar-refractivity contribution in [3.8, 4) is 5.75 Å². The molecule has 0 unspecified atom stereocenters. The zero-order chi connectivity index (χ0) is 19.6. The van der Waals surface area contributed by atoms with Crippen LogP contribution in [0.2, 0.25) is 0 Å². The molecule has 0 saturated carbocycles. The minimum atomic E-state index is -0.138. The van der Waals surface area contributed by atoms with E-state index in [0.717, 1.165) is 5.75 Å². The molecule has 2 aromatic rings. The van der Waals surface area contributed by atoms with Gasteiger partial charge in [-0.15, -0.1) is 0 Å². The number of rotatable bonds is 9. The molecule has 0 heterocycles. The summed E-state index contributed by atoms with van der Waals surface area (Å²) >= 11 is 0. The second-order valence-electron chi connectivity index (χ2n) is 6.04. The van der Waals surface area contributed by atoms with Gasteiger partial charge in [-0.1, -0.05) is 18.2 Å². The lowest BCUT2D eigenvalue weighted by atomic mass is 10.1. The van der Waals surface area contributed by atoms with E-state index in [2.05, 4.69) is 5.32 Å². The van der Waals surface area contributed by atoms with Gasteiger partial charge in [0.25, 0.3) is 0 Å². The molecule has 0 aromatic heterocycles. The van der Waals surface area contributed by atoms with Crippen molar-refractivity contribution in [1.82, 2.24) is 5.32 Å². The predicted molar refractivity (Wildman–Crippen MR) is 104 cm³/mol. The van der Waals surface area contributed by atoms with E-state index in [9.17, 15) is 14.4 Å². The van der Waals surface area contributed by atoms with Gasteiger partial charge in [0.2, 0.25) is 11.8 Å². The maximum atomic E-state index is 11.9. The molecule has 0 aliphatic carbocycles. The normalized spacial score (nSPS) is 10.1. The van der Waals surface area contributed by atoms with Gasteiger partial charge in [-0.2, -0.15) is 0 Å². The van der Waals surface area contributed by atoms with Crippen molar-refractivity contribution >= 4 is 23.3 Å². The maximum Gasteiger partial charge on any atom is 0.223 e. The van der Waals surface area contributed by atoms with Crippen molar-refractivity contribution < 1.29 is 19.1 Å². The van der Waals surface area contributed by atoms with Crippen molar-refractivity contribution in [2.45, 2.75) is 20.3 Å². The first-order valence-electron chi connectivity index (χ1n) is 8.81. The van der Waals surface area contributed by atoms with Crippen molar-refractivity contribution in [1.29, 1.82) is 0 Å². The lowest BCUT2D eigenvalue weighted by molar-refractivity contribution is -0.122. The lowest BCUT2D eigenvalue weighted by Gasteiger charge is -2.21. The molecule has 2 amide bonds. The second kappa shape index (κ2) is 10.1. The highest BCUT2D eigenvalue weighted by atomic mass is 16.5. The Hall–Kier alpha value is -3.15. The van der Waals surface area contributed by atoms with Crippen LogP contribution in [0, 0.1) is 0 Å². The molecule has 6 heteroatoms. The number of hydrogen-bond acceptors (Lipinski definition) is 4. The standard InChI is InChI=1S/C21H24N2O4/c1-16(24)18-8-10-19(11-9-18)23(17(2)25)14-13-22-21(26)12-15-27-20-6-4-3-5-7-20/h3-11H,12-15H2,1-2H3,(H,22,26). The molecular formula is C21H24N2O4. The highest BCUT2D eigenvalue weighted by Gasteiger charge is 2.12. The van der Waals surface area contributed by atoms with Gasteiger partial charge in [0.05, 0.1) is 13.0 Å². The van der Waals surface area contributed by atoms with Gasteiger partial charge in [-0.25, -0.2) is 0 Å². The number of benzene rings is 2. The van der Waals surface area contributed by atoms with Crippen molar-refractivity contribution in [3.63, 3.8) is 0 Å². The van der Waals surface area contributed by atoms with Gasteiger partial charge in [0, 0.05) is 31.3 Å². The Morgan fingerprint density at radius 3 is 2.22 bits per heavy atom. The number of anilines is 1. The monoisotopic (exact) mass is 368 g/mol. The van der Waals surface area contributed by atoms with Crippen molar-refractivity contribution in [3.05, 3.63) is 60.2 Å².